The van der Waals surface area contributed by atoms with Gasteiger partial charge in [-0.15, -0.1) is 0 Å². The van der Waals surface area contributed by atoms with Gasteiger partial charge in [-0.2, -0.15) is 9.97 Å². The molecule has 0 bridgehead atoms. The largest absolute Gasteiger partial charge is 0.481 e. The molecule has 0 saturated heterocycles. The third-order valence-corrected chi connectivity index (χ3v) is 2.66. The number of hydrogen-bond donors (Lipinski definition) is 0. The van der Waals surface area contributed by atoms with Gasteiger partial charge in [0.05, 0.1) is 14.2 Å². The van der Waals surface area contributed by atoms with Crippen molar-refractivity contribution in [2.75, 3.05) is 14.2 Å². The van der Waals surface area contributed by atoms with Crippen LogP contribution < -0.4 is 9.47 Å². The molecule has 0 N–H and O–H groups in total. The summed E-state index contributed by atoms with van der Waals surface area (Å²) in [5, 5.41) is 0.564. The number of hydrogen-bond acceptors (Lipinski definition) is 5. The fourth-order valence-corrected chi connectivity index (χ4v) is 1.59. The number of nitrogens with zero attached hydrogens (tertiary/aromatic N) is 2. The summed E-state index contributed by atoms with van der Waals surface area (Å²) in [5.41, 5.74) is 0.679. The molecule has 19 heavy (non-hydrogen) atoms. The van der Waals surface area contributed by atoms with Crippen molar-refractivity contribution >= 4 is 17.4 Å². The van der Waals surface area contributed by atoms with Crippen LogP contribution in [0.25, 0.3) is 0 Å². The van der Waals surface area contributed by atoms with E-state index in [2.05, 4.69) is 9.97 Å². The van der Waals surface area contributed by atoms with Gasteiger partial charge < -0.3 is 9.47 Å². The van der Waals surface area contributed by atoms with Crippen LogP contribution in [-0.4, -0.2) is 30.0 Å². The Kier molecular flexibility index (Phi) is 3.97. The van der Waals surface area contributed by atoms with Crippen molar-refractivity contribution < 1.29 is 14.3 Å². The Balaban J connectivity index is 2.40. The molecule has 2 rings (SSSR count). The normalized spacial score (nSPS) is 10.1. The van der Waals surface area contributed by atoms with E-state index in [9.17, 15) is 4.79 Å². The highest BCUT2D eigenvalue weighted by Gasteiger charge is 2.14. The molecule has 0 atom stereocenters. The molecule has 0 amide bonds. The first kappa shape index (κ1) is 13.3. The summed E-state index contributed by atoms with van der Waals surface area (Å²) in [6.45, 7) is 0. The fraction of sp³-hybridized carbons (Fsp3) is 0.154. The molecule has 0 unspecified atom stereocenters. The lowest BCUT2D eigenvalue weighted by Gasteiger charge is -2.05. The first-order valence-corrected chi connectivity index (χ1v) is 5.79. The molecule has 98 valence electrons. The minimum Gasteiger partial charge on any atom is -0.481 e. The van der Waals surface area contributed by atoms with Crippen molar-refractivity contribution in [2.24, 2.45) is 0 Å². The highest BCUT2D eigenvalue weighted by atomic mass is 35.5. The number of ether oxygens (including phenoxy) is 2. The predicted octanol–water partition coefficient (Wildman–Crippen LogP) is 2.38. The first-order chi connectivity index (χ1) is 9.13. The summed E-state index contributed by atoms with van der Waals surface area (Å²) in [6, 6.07) is 8.09. The molecule has 1 aromatic heterocycles. The minimum absolute atomic E-state index is 0.0802. The number of rotatable bonds is 4. The molecule has 0 radical (unpaired) electrons. The number of halogens is 1. The van der Waals surface area contributed by atoms with E-state index in [0.29, 0.717) is 10.6 Å². The lowest BCUT2D eigenvalue weighted by atomic mass is 10.1. The summed E-state index contributed by atoms with van der Waals surface area (Å²) >= 11 is 5.78. The minimum atomic E-state index is -0.254. The number of methoxy groups -OCH3 is 2. The predicted molar refractivity (Wildman–Crippen MR) is 70.0 cm³/mol. The second kappa shape index (κ2) is 5.67. The van der Waals surface area contributed by atoms with E-state index in [1.807, 2.05) is 0 Å². The van der Waals surface area contributed by atoms with Crippen LogP contribution in [0, 0.1) is 0 Å². The topological polar surface area (TPSA) is 61.3 Å². The third kappa shape index (κ3) is 3.00. The summed E-state index contributed by atoms with van der Waals surface area (Å²) in [7, 11) is 2.88. The van der Waals surface area contributed by atoms with Crippen LogP contribution in [-0.2, 0) is 0 Å². The van der Waals surface area contributed by atoms with Crippen LogP contribution in [0.4, 0.5) is 0 Å². The molecule has 0 aliphatic rings. The van der Waals surface area contributed by atoms with Crippen molar-refractivity contribution in [1.29, 1.82) is 0 Å². The average molecular weight is 279 g/mol. The number of ketones is 1. The van der Waals surface area contributed by atoms with Crippen molar-refractivity contribution in [3.63, 3.8) is 0 Å². The van der Waals surface area contributed by atoms with Crippen molar-refractivity contribution in [2.45, 2.75) is 0 Å². The number of aromatic nitrogens is 2. The lowest BCUT2D eigenvalue weighted by molar-refractivity contribution is 0.103. The Hall–Kier alpha value is -2.14. The van der Waals surface area contributed by atoms with Gasteiger partial charge in [0.2, 0.25) is 11.7 Å². The van der Waals surface area contributed by atoms with Gasteiger partial charge in [-0.3, -0.25) is 4.79 Å². The van der Waals surface area contributed by atoms with Crippen molar-refractivity contribution in [3.05, 3.63) is 46.6 Å². The van der Waals surface area contributed by atoms with E-state index in [-0.39, 0.29) is 23.4 Å². The molecular formula is C13H11ClN2O3. The van der Waals surface area contributed by atoms with Gasteiger partial charge in [0.1, 0.15) is 5.69 Å². The molecule has 5 nitrogen and oxygen atoms in total. The SMILES string of the molecule is COc1cc(C(=O)c2ccc(Cl)cc2)nc(OC)n1. The van der Waals surface area contributed by atoms with E-state index in [0.717, 1.165) is 0 Å². The second-order valence-electron chi connectivity index (χ2n) is 3.62. The van der Waals surface area contributed by atoms with Crippen LogP contribution in [0.1, 0.15) is 16.1 Å². The van der Waals surface area contributed by atoms with E-state index in [4.69, 9.17) is 21.1 Å². The summed E-state index contributed by atoms with van der Waals surface area (Å²) in [4.78, 5) is 20.2. The Morgan fingerprint density at radius 1 is 1.11 bits per heavy atom. The van der Waals surface area contributed by atoms with Crippen LogP contribution in [0.5, 0.6) is 11.9 Å². The van der Waals surface area contributed by atoms with Crippen LogP contribution in [0.3, 0.4) is 0 Å². The summed E-state index contributed by atoms with van der Waals surface area (Å²) < 4.78 is 9.92. The molecule has 0 spiro atoms. The smallest absolute Gasteiger partial charge is 0.320 e. The van der Waals surface area contributed by atoms with Gasteiger partial charge in [0.25, 0.3) is 0 Å². The van der Waals surface area contributed by atoms with Gasteiger partial charge in [0, 0.05) is 16.7 Å². The zero-order valence-corrected chi connectivity index (χ0v) is 11.1. The second-order valence-corrected chi connectivity index (χ2v) is 4.05. The molecule has 0 saturated carbocycles. The molecule has 0 aliphatic heterocycles. The Morgan fingerprint density at radius 3 is 2.37 bits per heavy atom. The molecule has 6 heteroatoms. The van der Waals surface area contributed by atoms with E-state index >= 15 is 0 Å². The van der Waals surface area contributed by atoms with E-state index in [1.54, 1.807) is 24.3 Å². The zero-order chi connectivity index (χ0) is 13.8. The molecular weight excluding hydrogens is 268 g/mol. The summed E-state index contributed by atoms with van der Waals surface area (Å²) in [5.74, 6) is 0.0137. The van der Waals surface area contributed by atoms with Crippen LogP contribution in [0.15, 0.2) is 30.3 Å². The Morgan fingerprint density at radius 2 is 1.79 bits per heavy atom. The molecule has 1 heterocycles. The zero-order valence-electron chi connectivity index (χ0n) is 10.4. The first-order valence-electron chi connectivity index (χ1n) is 5.41. The molecule has 0 aliphatic carbocycles. The molecule has 1 aromatic carbocycles. The van der Waals surface area contributed by atoms with Gasteiger partial charge in [0.15, 0.2) is 0 Å². The molecule has 0 fully saturated rings. The maximum Gasteiger partial charge on any atom is 0.320 e. The van der Waals surface area contributed by atoms with Crippen LogP contribution >= 0.6 is 11.6 Å². The highest BCUT2D eigenvalue weighted by Crippen LogP contribution is 2.17. The van der Waals surface area contributed by atoms with Gasteiger partial charge in [-0.05, 0) is 24.3 Å². The lowest BCUT2D eigenvalue weighted by Crippen LogP contribution is -2.07. The van der Waals surface area contributed by atoms with Gasteiger partial charge >= 0.3 is 6.01 Å². The highest BCUT2D eigenvalue weighted by molar-refractivity contribution is 6.30. The molecule has 2 aromatic rings. The standard InChI is InChI=1S/C13H11ClN2O3/c1-18-11-7-10(15-13(16-11)19-2)12(17)8-3-5-9(14)6-4-8/h3-7H,1-2H3. The Bertz CT molecular complexity index is 577. The quantitative estimate of drug-likeness (QED) is 0.804. The van der Waals surface area contributed by atoms with E-state index in [1.165, 1.54) is 20.3 Å². The average Bonchev–Trinajstić information content (AvgIpc) is 2.46. The van der Waals surface area contributed by atoms with E-state index < -0.39 is 0 Å². The van der Waals surface area contributed by atoms with Crippen molar-refractivity contribution in [1.82, 2.24) is 9.97 Å². The van der Waals surface area contributed by atoms with Crippen LogP contribution in [0.2, 0.25) is 5.02 Å². The maximum atomic E-state index is 12.2. The Labute approximate surface area is 115 Å². The third-order valence-electron chi connectivity index (χ3n) is 2.41. The number of carbonyl (C=O) groups is 1. The number of carbonyl (C=O) groups excluding carboxylic acids is 1. The maximum absolute atomic E-state index is 12.2. The van der Waals surface area contributed by atoms with Gasteiger partial charge in [-0.25, -0.2) is 0 Å². The van der Waals surface area contributed by atoms with Crippen molar-refractivity contribution in [3.8, 4) is 11.9 Å². The van der Waals surface area contributed by atoms with Gasteiger partial charge in [-0.1, -0.05) is 11.6 Å². The monoisotopic (exact) mass is 278 g/mol. The number of benzene rings is 1. The summed E-state index contributed by atoms with van der Waals surface area (Å²) in [6.07, 6.45) is 0. The fourth-order valence-electron chi connectivity index (χ4n) is 1.47.